The average Bonchev–Trinajstić information content (AvgIpc) is 2.59. The van der Waals surface area contributed by atoms with Crippen LogP contribution < -0.4 is 4.74 Å². The van der Waals surface area contributed by atoms with E-state index in [2.05, 4.69) is 38.1 Å². The van der Waals surface area contributed by atoms with Gasteiger partial charge in [-0.3, -0.25) is 0 Å². The summed E-state index contributed by atoms with van der Waals surface area (Å²) in [7, 11) is 1.73. The number of benzene rings is 1. The van der Waals surface area contributed by atoms with Crippen molar-refractivity contribution in [3.63, 3.8) is 0 Å². The molecule has 132 valence electrons. The summed E-state index contributed by atoms with van der Waals surface area (Å²) < 4.78 is 5.22. The van der Waals surface area contributed by atoms with Crippen molar-refractivity contribution in [3.8, 4) is 5.75 Å². The Balaban J connectivity index is 1.95. The topological polar surface area (TPSA) is 9.23 Å². The quantitative estimate of drug-likeness (QED) is 0.323. The summed E-state index contributed by atoms with van der Waals surface area (Å²) in [6, 6.07) is 8.57. The average molecular weight is 319 g/mol. The smallest absolute Gasteiger partial charge is 0.118 e. The van der Waals surface area contributed by atoms with E-state index >= 15 is 0 Å². The maximum absolute atomic E-state index is 5.22. The second-order valence-corrected chi connectivity index (χ2v) is 7.00. The molecule has 0 aromatic heterocycles. The van der Waals surface area contributed by atoms with Gasteiger partial charge in [0, 0.05) is 0 Å². The standard InChI is InChI=1S/C22H38O/c1-4-5-6-7-8-9-10-11-12-13-14-15-20(2)21-16-18-22(23-3)19-17-21/h16-20H,4-15H2,1-3H3. The van der Waals surface area contributed by atoms with Crippen molar-refractivity contribution in [2.45, 2.75) is 96.8 Å². The highest BCUT2D eigenvalue weighted by Gasteiger charge is 2.05. The second-order valence-electron chi connectivity index (χ2n) is 7.00. The van der Waals surface area contributed by atoms with Gasteiger partial charge in [-0.15, -0.1) is 0 Å². The fourth-order valence-corrected chi connectivity index (χ4v) is 3.21. The summed E-state index contributed by atoms with van der Waals surface area (Å²) in [5, 5.41) is 0. The molecule has 0 N–H and O–H groups in total. The molecule has 0 saturated carbocycles. The lowest BCUT2D eigenvalue weighted by atomic mass is 9.94. The molecule has 0 aliphatic heterocycles. The molecule has 23 heavy (non-hydrogen) atoms. The van der Waals surface area contributed by atoms with Crippen molar-refractivity contribution >= 4 is 0 Å². The van der Waals surface area contributed by atoms with Crippen LogP contribution in [-0.4, -0.2) is 7.11 Å². The first-order valence-electron chi connectivity index (χ1n) is 9.92. The number of rotatable bonds is 14. The monoisotopic (exact) mass is 318 g/mol. The first-order valence-corrected chi connectivity index (χ1v) is 9.92. The van der Waals surface area contributed by atoms with Crippen molar-refractivity contribution < 1.29 is 4.74 Å². The van der Waals surface area contributed by atoms with Crippen molar-refractivity contribution in [2.24, 2.45) is 0 Å². The molecule has 0 saturated heterocycles. The highest BCUT2D eigenvalue weighted by molar-refractivity contribution is 5.28. The molecule has 1 heteroatoms. The minimum absolute atomic E-state index is 0.666. The van der Waals surface area contributed by atoms with Gasteiger partial charge in [0.15, 0.2) is 0 Å². The molecule has 1 nitrogen and oxygen atoms in total. The van der Waals surface area contributed by atoms with Crippen LogP contribution in [0.3, 0.4) is 0 Å². The normalized spacial score (nSPS) is 12.3. The molecule has 0 heterocycles. The van der Waals surface area contributed by atoms with Gasteiger partial charge < -0.3 is 4.74 Å². The van der Waals surface area contributed by atoms with E-state index in [-0.39, 0.29) is 0 Å². The van der Waals surface area contributed by atoms with Gasteiger partial charge in [-0.2, -0.15) is 0 Å². The van der Waals surface area contributed by atoms with E-state index in [1.807, 2.05) is 0 Å². The minimum atomic E-state index is 0.666. The number of methoxy groups -OCH3 is 1. The maximum atomic E-state index is 5.22. The molecule has 0 radical (unpaired) electrons. The van der Waals surface area contributed by atoms with Crippen molar-refractivity contribution in [3.05, 3.63) is 29.8 Å². The lowest BCUT2D eigenvalue weighted by Crippen LogP contribution is -1.94. The Kier molecular flexibility index (Phi) is 11.7. The Morgan fingerprint density at radius 3 is 1.70 bits per heavy atom. The van der Waals surface area contributed by atoms with E-state index in [1.165, 1.54) is 82.6 Å². The zero-order valence-electron chi connectivity index (χ0n) is 15.8. The summed E-state index contributed by atoms with van der Waals surface area (Å²) in [6.45, 7) is 4.63. The fourth-order valence-electron chi connectivity index (χ4n) is 3.21. The lowest BCUT2D eigenvalue weighted by molar-refractivity contribution is 0.414. The molecule has 0 aliphatic rings. The molecule has 0 aliphatic carbocycles. The summed E-state index contributed by atoms with van der Waals surface area (Å²) in [5.41, 5.74) is 1.44. The van der Waals surface area contributed by atoms with E-state index in [0.717, 1.165) is 5.75 Å². The summed E-state index contributed by atoms with van der Waals surface area (Å²) in [4.78, 5) is 0. The maximum Gasteiger partial charge on any atom is 0.118 e. The Bertz CT molecular complexity index is 368. The van der Waals surface area contributed by atoms with Crippen LogP contribution in [0, 0.1) is 0 Å². The van der Waals surface area contributed by atoms with E-state index in [9.17, 15) is 0 Å². The molecule has 1 aromatic rings. The highest BCUT2D eigenvalue weighted by atomic mass is 16.5. The largest absolute Gasteiger partial charge is 0.497 e. The molecule has 0 fully saturated rings. The van der Waals surface area contributed by atoms with Crippen LogP contribution in [0.4, 0.5) is 0 Å². The molecule has 0 bridgehead atoms. The van der Waals surface area contributed by atoms with Gasteiger partial charge in [0.25, 0.3) is 0 Å². The molecule has 0 amide bonds. The van der Waals surface area contributed by atoms with E-state index in [4.69, 9.17) is 4.74 Å². The Morgan fingerprint density at radius 1 is 0.739 bits per heavy atom. The minimum Gasteiger partial charge on any atom is -0.497 e. The van der Waals surface area contributed by atoms with Crippen molar-refractivity contribution in [2.75, 3.05) is 7.11 Å². The zero-order chi connectivity index (χ0) is 16.8. The van der Waals surface area contributed by atoms with Gasteiger partial charge in [-0.25, -0.2) is 0 Å². The molecule has 1 unspecified atom stereocenters. The van der Waals surface area contributed by atoms with Crippen molar-refractivity contribution in [1.29, 1.82) is 0 Å². The second kappa shape index (κ2) is 13.5. The van der Waals surface area contributed by atoms with Crippen LogP contribution in [0.1, 0.15) is 102 Å². The third-order valence-electron chi connectivity index (χ3n) is 4.93. The number of ether oxygens (including phenoxy) is 1. The summed E-state index contributed by atoms with van der Waals surface area (Å²) >= 11 is 0. The fraction of sp³-hybridized carbons (Fsp3) is 0.727. The van der Waals surface area contributed by atoms with Crippen LogP contribution in [0.25, 0.3) is 0 Å². The SMILES string of the molecule is CCCCCCCCCCCCCC(C)c1ccc(OC)cc1. The van der Waals surface area contributed by atoms with Gasteiger partial charge in [0.2, 0.25) is 0 Å². The van der Waals surface area contributed by atoms with Gasteiger partial charge in [0.05, 0.1) is 7.11 Å². The van der Waals surface area contributed by atoms with Crippen molar-refractivity contribution in [1.82, 2.24) is 0 Å². The van der Waals surface area contributed by atoms with Gasteiger partial charge in [0.1, 0.15) is 5.75 Å². The van der Waals surface area contributed by atoms with E-state index < -0.39 is 0 Å². The van der Waals surface area contributed by atoms with Gasteiger partial charge in [-0.1, -0.05) is 96.6 Å². The first-order chi connectivity index (χ1) is 11.3. The van der Waals surface area contributed by atoms with E-state index in [1.54, 1.807) is 7.11 Å². The molecule has 1 atom stereocenters. The van der Waals surface area contributed by atoms with Crippen LogP contribution in [0.2, 0.25) is 0 Å². The predicted octanol–water partition coefficient (Wildman–Crippen LogP) is 7.50. The number of hydrogen-bond acceptors (Lipinski definition) is 1. The Hall–Kier alpha value is -0.980. The number of hydrogen-bond donors (Lipinski definition) is 0. The summed E-state index contributed by atoms with van der Waals surface area (Å²) in [5.74, 6) is 1.62. The molecular formula is C22H38O. The van der Waals surface area contributed by atoms with Gasteiger partial charge in [-0.05, 0) is 30.0 Å². The van der Waals surface area contributed by atoms with Crippen LogP contribution in [0.15, 0.2) is 24.3 Å². The van der Waals surface area contributed by atoms with E-state index in [0.29, 0.717) is 5.92 Å². The Morgan fingerprint density at radius 2 is 1.22 bits per heavy atom. The zero-order valence-corrected chi connectivity index (χ0v) is 15.8. The molecule has 1 aromatic carbocycles. The van der Waals surface area contributed by atoms with Gasteiger partial charge >= 0.3 is 0 Å². The van der Waals surface area contributed by atoms with Crippen LogP contribution in [-0.2, 0) is 0 Å². The summed E-state index contributed by atoms with van der Waals surface area (Å²) in [6.07, 6.45) is 17.0. The first kappa shape index (κ1) is 20.1. The molecule has 0 spiro atoms. The Labute approximate surface area is 144 Å². The number of unbranched alkanes of at least 4 members (excludes halogenated alkanes) is 10. The van der Waals surface area contributed by atoms with Crippen LogP contribution in [0.5, 0.6) is 5.75 Å². The molecular weight excluding hydrogens is 280 g/mol. The highest BCUT2D eigenvalue weighted by Crippen LogP contribution is 2.24. The molecule has 1 rings (SSSR count). The third kappa shape index (κ3) is 9.69. The lowest BCUT2D eigenvalue weighted by Gasteiger charge is -2.12. The third-order valence-corrected chi connectivity index (χ3v) is 4.93. The van der Waals surface area contributed by atoms with Crippen LogP contribution >= 0.6 is 0 Å². The predicted molar refractivity (Wildman–Crippen MR) is 102 cm³/mol.